The quantitative estimate of drug-likeness (QED) is 0.856. The number of nitrogens with zero attached hydrogens (tertiary/aromatic N) is 1. The van der Waals surface area contributed by atoms with Gasteiger partial charge in [-0.15, -0.1) is 0 Å². The highest BCUT2D eigenvalue weighted by molar-refractivity contribution is 5.63. The van der Waals surface area contributed by atoms with Crippen LogP contribution in [0.25, 0.3) is 11.3 Å². The maximum absolute atomic E-state index is 13.6. The third kappa shape index (κ3) is 2.28. The fourth-order valence-corrected chi connectivity index (χ4v) is 1.79. The normalized spacial score (nSPS) is 10.8. The minimum Gasteiger partial charge on any atom is -0.383 e. The van der Waals surface area contributed by atoms with E-state index in [0.29, 0.717) is 23.0 Å². The van der Waals surface area contributed by atoms with E-state index in [2.05, 4.69) is 18.8 Å². The standard InChI is InChI=1S/C14H15FN2/c1-9(2)10-7-8-13(17-14(10)16)11-5-3-4-6-12(11)15/h3-9H,1-2H3,(H2,16,17). The lowest BCUT2D eigenvalue weighted by molar-refractivity contribution is 0.631. The van der Waals surface area contributed by atoms with E-state index in [1.807, 2.05) is 12.1 Å². The summed E-state index contributed by atoms with van der Waals surface area (Å²) in [4.78, 5) is 4.26. The van der Waals surface area contributed by atoms with Crippen molar-refractivity contribution >= 4 is 5.82 Å². The number of nitrogens with two attached hydrogens (primary N) is 1. The first-order valence-corrected chi connectivity index (χ1v) is 5.61. The van der Waals surface area contributed by atoms with Crippen LogP contribution in [-0.4, -0.2) is 4.98 Å². The topological polar surface area (TPSA) is 38.9 Å². The molecule has 0 saturated heterocycles. The largest absolute Gasteiger partial charge is 0.383 e. The molecule has 1 aromatic heterocycles. The summed E-state index contributed by atoms with van der Waals surface area (Å²) in [6.07, 6.45) is 0. The molecule has 3 heteroatoms. The maximum atomic E-state index is 13.6. The number of rotatable bonds is 2. The summed E-state index contributed by atoms with van der Waals surface area (Å²) in [5, 5.41) is 0. The third-order valence-corrected chi connectivity index (χ3v) is 2.73. The Bertz CT molecular complexity index is 535. The number of benzene rings is 1. The highest BCUT2D eigenvalue weighted by Gasteiger charge is 2.09. The number of aromatic nitrogens is 1. The molecule has 0 aliphatic heterocycles. The SMILES string of the molecule is CC(C)c1ccc(-c2ccccc2F)nc1N. The van der Waals surface area contributed by atoms with Crippen molar-refractivity contribution in [3.05, 3.63) is 47.8 Å². The lowest BCUT2D eigenvalue weighted by Gasteiger charge is -2.10. The zero-order valence-corrected chi connectivity index (χ0v) is 9.94. The summed E-state index contributed by atoms with van der Waals surface area (Å²) in [7, 11) is 0. The second kappa shape index (κ2) is 4.53. The molecule has 2 N–H and O–H groups in total. The van der Waals surface area contributed by atoms with Crippen LogP contribution in [0.5, 0.6) is 0 Å². The molecule has 0 bridgehead atoms. The summed E-state index contributed by atoms with van der Waals surface area (Å²) in [5.41, 5.74) is 7.92. The van der Waals surface area contributed by atoms with Gasteiger partial charge in [-0.25, -0.2) is 9.37 Å². The molecule has 0 amide bonds. The van der Waals surface area contributed by atoms with Crippen molar-refractivity contribution < 1.29 is 4.39 Å². The predicted molar refractivity (Wildman–Crippen MR) is 68.1 cm³/mol. The van der Waals surface area contributed by atoms with Crippen molar-refractivity contribution in [2.24, 2.45) is 0 Å². The van der Waals surface area contributed by atoms with Gasteiger partial charge in [-0.05, 0) is 29.7 Å². The van der Waals surface area contributed by atoms with Crippen LogP contribution in [0.1, 0.15) is 25.3 Å². The lowest BCUT2D eigenvalue weighted by atomic mass is 10.0. The van der Waals surface area contributed by atoms with Gasteiger partial charge >= 0.3 is 0 Å². The monoisotopic (exact) mass is 230 g/mol. The Morgan fingerprint density at radius 3 is 2.41 bits per heavy atom. The minimum atomic E-state index is -0.281. The predicted octanol–water partition coefficient (Wildman–Crippen LogP) is 3.59. The molecule has 0 fully saturated rings. The van der Waals surface area contributed by atoms with Crippen LogP contribution in [0.15, 0.2) is 36.4 Å². The van der Waals surface area contributed by atoms with E-state index in [-0.39, 0.29) is 5.82 Å². The van der Waals surface area contributed by atoms with Gasteiger partial charge < -0.3 is 5.73 Å². The number of halogens is 1. The first kappa shape index (κ1) is 11.6. The van der Waals surface area contributed by atoms with Gasteiger partial charge in [0.1, 0.15) is 11.6 Å². The first-order valence-electron chi connectivity index (χ1n) is 5.61. The Morgan fingerprint density at radius 2 is 1.82 bits per heavy atom. The van der Waals surface area contributed by atoms with Crippen LogP contribution in [0, 0.1) is 5.82 Å². The van der Waals surface area contributed by atoms with Crippen LogP contribution in [0.4, 0.5) is 10.2 Å². The Kier molecular flexibility index (Phi) is 3.09. The molecule has 2 rings (SSSR count). The molecule has 0 aliphatic carbocycles. The molecule has 0 radical (unpaired) electrons. The van der Waals surface area contributed by atoms with E-state index < -0.39 is 0 Å². The van der Waals surface area contributed by atoms with Crippen molar-refractivity contribution in [3.8, 4) is 11.3 Å². The first-order chi connectivity index (χ1) is 8.09. The number of pyridine rings is 1. The zero-order valence-electron chi connectivity index (χ0n) is 9.94. The van der Waals surface area contributed by atoms with Gasteiger partial charge in [-0.2, -0.15) is 0 Å². The average Bonchev–Trinajstić information content (AvgIpc) is 2.29. The molecule has 1 aromatic carbocycles. The second-order valence-electron chi connectivity index (χ2n) is 4.31. The molecular weight excluding hydrogens is 215 g/mol. The van der Waals surface area contributed by atoms with Crippen molar-refractivity contribution in [1.82, 2.24) is 4.98 Å². The molecule has 0 spiro atoms. The average molecular weight is 230 g/mol. The molecule has 2 aromatic rings. The van der Waals surface area contributed by atoms with Gasteiger partial charge in [-0.1, -0.05) is 32.0 Å². The van der Waals surface area contributed by atoms with Crippen LogP contribution in [0.2, 0.25) is 0 Å². The molecule has 1 heterocycles. The fourth-order valence-electron chi connectivity index (χ4n) is 1.79. The van der Waals surface area contributed by atoms with E-state index >= 15 is 0 Å². The number of hydrogen-bond acceptors (Lipinski definition) is 2. The molecular formula is C14H15FN2. The van der Waals surface area contributed by atoms with E-state index in [1.54, 1.807) is 18.2 Å². The Hall–Kier alpha value is -1.90. The fraction of sp³-hybridized carbons (Fsp3) is 0.214. The van der Waals surface area contributed by atoms with Gasteiger partial charge in [0, 0.05) is 5.56 Å². The smallest absolute Gasteiger partial charge is 0.132 e. The molecule has 0 aliphatic rings. The van der Waals surface area contributed by atoms with Crippen molar-refractivity contribution in [1.29, 1.82) is 0 Å². The van der Waals surface area contributed by atoms with Crippen molar-refractivity contribution in [3.63, 3.8) is 0 Å². The Labute approximate surface area is 100 Å². The van der Waals surface area contributed by atoms with Crippen molar-refractivity contribution in [2.45, 2.75) is 19.8 Å². The van der Waals surface area contributed by atoms with Gasteiger partial charge in [0.05, 0.1) is 5.69 Å². The summed E-state index contributed by atoms with van der Waals surface area (Å²) in [5.74, 6) is 0.509. The maximum Gasteiger partial charge on any atom is 0.132 e. The van der Waals surface area contributed by atoms with Crippen LogP contribution in [0.3, 0.4) is 0 Å². The van der Waals surface area contributed by atoms with E-state index in [1.165, 1.54) is 6.07 Å². The van der Waals surface area contributed by atoms with Crippen LogP contribution >= 0.6 is 0 Å². The summed E-state index contributed by atoms with van der Waals surface area (Å²) in [6, 6.07) is 10.3. The van der Waals surface area contributed by atoms with Crippen LogP contribution < -0.4 is 5.73 Å². The highest BCUT2D eigenvalue weighted by Crippen LogP contribution is 2.26. The number of hydrogen-bond donors (Lipinski definition) is 1. The van der Waals surface area contributed by atoms with Gasteiger partial charge in [0.25, 0.3) is 0 Å². The van der Waals surface area contributed by atoms with Crippen LogP contribution in [-0.2, 0) is 0 Å². The second-order valence-corrected chi connectivity index (χ2v) is 4.31. The van der Waals surface area contributed by atoms with Crippen molar-refractivity contribution in [2.75, 3.05) is 5.73 Å². The molecule has 0 saturated carbocycles. The van der Waals surface area contributed by atoms with Gasteiger partial charge in [0.15, 0.2) is 0 Å². The summed E-state index contributed by atoms with van der Waals surface area (Å²) < 4.78 is 13.6. The van der Waals surface area contributed by atoms with Gasteiger partial charge in [0.2, 0.25) is 0 Å². The molecule has 2 nitrogen and oxygen atoms in total. The lowest BCUT2D eigenvalue weighted by Crippen LogP contribution is -2.01. The Morgan fingerprint density at radius 1 is 1.12 bits per heavy atom. The molecule has 88 valence electrons. The van der Waals surface area contributed by atoms with E-state index in [9.17, 15) is 4.39 Å². The zero-order chi connectivity index (χ0) is 12.4. The summed E-state index contributed by atoms with van der Waals surface area (Å²) >= 11 is 0. The summed E-state index contributed by atoms with van der Waals surface area (Å²) in [6.45, 7) is 4.10. The minimum absolute atomic E-state index is 0.281. The Balaban J connectivity index is 2.49. The van der Waals surface area contributed by atoms with E-state index in [4.69, 9.17) is 5.73 Å². The highest BCUT2D eigenvalue weighted by atomic mass is 19.1. The number of nitrogen functional groups attached to an aromatic ring is 1. The molecule has 17 heavy (non-hydrogen) atoms. The third-order valence-electron chi connectivity index (χ3n) is 2.73. The van der Waals surface area contributed by atoms with E-state index in [0.717, 1.165) is 5.56 Å². The molecule has 0 unspecified atom stereocenters. The molecule has 0 atom stereocenters. The van der Waals surface area contributed by atoms with Gasteiger partial charge in [-0.3, -0.25) is 0 Å². The number of anilines is 1.